The Morgan fingerprint density at radius 3 is 2.33 bits per heavy atom. The Morgan fingerprint density at radius 2 is 1.60 bits per heavy atom. The summed E-state index contributed by atoms with van der Waals surface area (Å²) < 4.78 is 2.04. The summed E-state index contributed by atoms with van der Waals surface area (Å²) in [6.07, 6.45) is 4.21. The molecule has 0 bridgehead atoms. The van der Waals surface area contributed by atoms with Crippen LogP contribution in [0.25, 0.3) is 22.0 Å². The monoisotopic (exact) mass is 527 g/mol. The van der Waals surface area contributed by atoms with Crippen molar-refractivity contribution in [2.24, 2.45) is 0 Å². The van der Waals surface area contributed by atoms with Gasteiger partial charge in [-0.05, 0) is 71.7 Å². The first kappa shape index (κ1) is 26.1. The molecular formula is C36H37N3O. The lowest BCUT2D eigenvalue weighted by Crippen LogP contribution is -2.43. The van der Waals surface area contributed by atoms with Crippen LogP contribution in [0.5, 0.6) is 0 Å². The molecule has 0 atom stereocenters. The van der Waals surface area contributed by atoms with Gasteiger partial charge in [0.05, 0.1) is 23.3 Å². The Hall–Kier alpha value is -4.18. The number of carbonyl (C=O) groups is 1. The zero-order valence-corrected chi connectivity index (χ0v) is 23.7. The fraction of sp³-hybridized carbons (Fsp3) is 0.278. The summed E-state index contributed by atoms with van der Waals surface area (Å²) in [6, 6.07) is 33.9. The average Bonchev–Trinajstić information content (AvgIpc) is 3.58. The van der Waals surface area contributed by atoms with Gasteiger partial charge in [0.15, 0.2) is 0 Å². The van der Waals surface area contributed by atoms with Gasteiger partial charge in [0.1, 0.15) is 0 Å². The van der Waals surface area contributed by atoms with Gasteiger partial charge in [-0.2, -0.15) is 5.10 Å². The standard InChI is InChI=1S/C36H37N3O/c1-25(2)30-12-9-13-32(22-30)36(20-7-8-21-36)37-35(40)31-18-19-34-33(23-31)26(3)38-39(34)24-27-14-16-29(17-15-27)28-10-5-4-6-11-28/h4-6,9-19,22-23,25H,7-8,20-21,24H2,1-3H3,(H,37,40). The Bertz CT molecular complexity index is 1640. The van der Waals surface area contributed by atoms with E-state index < -0.39 is 0 Å². The first-order valence-electron chi connectivity index (χ1n) is 14.5. The van der Waals surface area contributed by atoms with Crippen LogP contribution in [-0.4, -0.2) is 15.7 Å². The maximum absolute atomic E-state index is 13.7. The molecule has 40 heavy (non-hydrogen) atoms. The van der Waals surface area contributed by atoms with Crippen LogP contribution in [0.3, 0.4) is 0 Å². The lowest BCUT2D eigenvalue weighted by atomic mass is 9.85. The molecule has 1 saturated carbocycles. The highest BCUT2D eigenvalue weighted by molar-refractivity contribution is 5.99. The summed E-state index contributed by atoms with van der Waals surface area (Å²) in [6.45, 7) is 7.14. The molecule has 4 heteroatoms. The number of aryl methyl sites for hydroxylation is 1. The van der Waals surface area contributed by atoms with Crippen molar-refractivity contribution in [2.45, 2.75) is 64.5 Å². The molecule has 0 aliphatic heterocycles. The van der Waals surface area contributed by atoms with Gasteiger partial charge in [-0.1, -0.05) is 106 Å². The van der Waals surface area contributed by atoms with Crippen LogP contribution in [0.2, 0.25) is 0 Å². The van der Waals surface area contributed by atoms with Gasteiger partial charge in [0.2, 0.25) is 0 Å². The highest BCUT2D eigenvalue weighted by Crippen LogP contribution is 2.40. The van der Waals surface area contributed by atoms with Gasteiger partial charge in [-0.15, -0.1) is 0 Å². The number of hydrogen-bond acceptors (Lipinski definition) is 2. The normalized spacial score (nSPS) is 14.6. The molecule has 1 amide bonds. The van der Waals surface area contributed by atoms with Crippen LogP contribution in [0.1, 0.15) is 78.2 Å². The van der Waals surface area contributed by atoms with Gasteiger partial charge < -0.3 is 5.32 Å². The van der Waals surface area contributed by atoms with E-state index in [1.54, 1.807) is 0 Å². The first-order valence-corrected chi connectivity index (χ1v) is 14.5. The molecule has 1 heterocycles. The van der Waals surface area contributed by atoms with Gasteiger partial charge in [0, 0.05) is 10.9 Å². The molecule has 0 radical (unpaired) electrons. The van der Waals surface area contributed by atoms with Crippen LogP contribution < -0.4 is 5.32 Å². The largest absolute Gasteiger partial charge is 0.343 e. The number of amides is 1. The Labute approximate surface area is 237 Å². The molecule has 1 aliphatic rings. The smallest absolute Gasteiger partial charge is 0.251 e. The SMILES string of the molecule is Cc1nn(Cc2ccc(-c3ccccc3)cc2)c2ccc(C(=O)NC3(c4cccc(C(C)C)c4)CCCC3)cc12. The van der Waals surface area contributed by atoms with E-state index in [9.17, 15) is 4.79 Å². The molecule has 6 rings (SSSR count). The van der Waals surface area contributed by atoms with Crippen molar-refractivity contribution in [1.82, 2.24) is 15.1 Å². The van der Waals surface area contributed by atoms with Crippen LogP contribution >= 0.6 is 0 Å². The topological polar surface area (TPSA) is 46.9 Å². The number of hydrogen-bond donors (Lipinski definition) is 1. The molecule has 1 fully saturated rings. The summed E-state index contributed by atoms with van der Waals surface area (Å²) in [5.41, 5.74) is 8.52. The highest BCUT2D eigenvalue weighted by Gasteiger charge is 2.37. The minimum atomic E-state index is -0.303. The van der Waals surface area contributed by atoms with Gasteiger partial charge in [-0.3, -0.25) is 9.48 Å². The average molecular weight is 528 g/mol. The fourth-order valence-corrected chi connectivity index (χ4v) is 6.16. The second-order valence-electron chi connectivity index (χ2n) is 11.6. The Balaban J connectivity index is 1.24. The van der Waals surface area contributed by atoms with E-state index in [0.717, 1.165) is 42.3 Å². The maximum atomic E-state index is 13.7. The fourth-order valence-electron chi connectivity index (χ4n) is 6.16. The van der Waals surface area contributed by atoms with Crippen molar-refractivity contribution in [3.63, 3.8) is 0 Å². The molecule has 5 aromatic rings. The van der Waals surface area contributed by atoms with Crippen LogP contribution in [0.4, 0.5) is 0 Å². The van der Waals surface area contributed by atoms with Crippen LogP contribution in [-0.2, 0) is 12.1 Å². The van der Waals surface area contributed by atoms with E-state index in [1.807, 2.05) is 35.9 Å². The third-order valence-corrected chi connectivity index (χ3v) is 8.51. The number of carbonyl (C=O) groups excluding carboxylic acids is 1. The Morgan fingerprint density at radius 1 is 0.875 bits per heavy atom. The zero-order chi connectivity index (χ0) is 27.7. The molecule has 1 aromatic heterocycles. The lowest BCUT2D eigenvalue weighted by Gasteiger charge is -2.32. The van der Waals surface area contributed by atoms with E-state index >= 15 is 0 Å². The van der Waals surface area contributed by atoms with Crippen molar-refractivity contribution < 1.29 is 4.79 Å². The highest BCUT2D eigenvalue weighted by atomic mass is 16.1. The zero-order valence-electron chi connectivity index (χ0n) is 23.7. The maximum Gasteiger partial charge on any atom is 0.251 e. The molecule has 0 saturated heterocycles. The summed E-state index contributed by atoms with van der Waals surface area (Å²) in [7, 11) is 0. The van der Waals surface area contributed by atoms with Gasteiger partial charge in [-0.25, -0.2) is 0 Å². The number of fused-ring (bicyclic) bond motifs is 1. The van der Waals surface area contributed by atoms with Crippen molar-refractivity contribution in [1.29, 1.82) is 0 Å². The van der Waals surface area contributed by atoms with E-state index in [4.69, 9.17) is 5.10 Å². The molecular weight excluding hydrogens is 490 g/mol. The second-order valence-corrected chi connectivity index (χ2v) is 11.6. The summed E-state index contributed by atoms with van der Waals surface area (Å²) in [4.78, 5) is 13.7. The quantitative estimate of drug-likeness (QED) is 0.231. The molecule has 1 N–H and O–H groups in total. The molecule has 0 unspecified atom stereocenters. The number of rotatable bonds is 7. The minimum absolute atomic E-state index is 0.0117. The van der Waals surface area contributed by atoms with E-state index in [1.165, 1.54) is 27.8 Å². The van der Waals surface area contributed by atoms with E-state index in [0.29, 0.717) is 18.0 Å². The first-order chi connectivity index (χ1) is 19.4. The predicted molar refractivity (Wildman–Crippen MR) is 164 cm³/mol. The third kappa shape index (κ3) is 5.06. The molecule has 4 nitrogen and oxygen atoms in total. The number of aromatic nitrogens is 2. The summed E-state index contributed by atoms with van der Waals surface area (Å²) in [5, 5.41) is 9.34. The molecule has 0 spiro atoms. The lowest BCUT2D eigenvalue weighted by molar-refractivity contribution is 0.0898. The third-order valence-electron chi connectivity index (χ3n) is 8.51. The number of nitrogens with zero attached hydrogens (tertiary/aromatic N) is 2. The predicted octanol–water partition coefficient (Wildman–Crippen LogP) is 8.38. The van der Waals surface area contributed by atoms with Crippen molar-refractivity contribution in [2.75, 3.05) is 0 Å². The summed E-state index contributed by atoms with van der Waals surface area (Å²) >= 11 is 0. The molecule has 202 valence electrons. The van der Waals surface area contributed by atoms with Crippen molar-refractivity contribution >= 4 is 16.8 Å². The molecule has 1 aliphatic carbocycles. The van der Waals surface area contributed by atoms with Crippen LogP contribution in [0, 0.1) is 6.92 Å². The van der Waals surface area contributed by atoms with Gasteiger partial charge >= 0.3 is 0 Å². The minimum Gasteiger partial charge on any atom is -0.343 e. The molecule has 4 aromatic carbocycles. The van der Waals surface area contributed by atoms with Crippen molar-refractivity contribution in [3.8, 4) is 11.1 Å². The van der Waals surface area contributed by atoms with Crippen LogP contribution in [0.15, 0.2) is 97.1 Å². The Kier molecular flexibility index (Phi) is 7.02. The second kappa shape index (κ2) is 10.8. The van der Waals surface area contributed by atoms with E-state index in [2.05, 4.69) is 92.0 Å². The summed E-state index contributed by atoms with van der Waals surface area (Å²) in [5.74, 6) is 0.445. The number of benzene rings is 4. The number of nitrogens with one attached hydrogen (secondary N) is 1. The van der Waals surface area contributed by atoms with E-state index in [-0.39, 0.29) is 11.4 Å². The van der Waals surface area contributed by atoms with Gasteiger partial charge in [0.25, 0.3) is 5.91 Å². The van der Waals surface area contributed by atoms with Crippen molar-refractivity contribution in [3.05, 3.63) is 125 Å².